The molecule has 142 valence electrons. The van der Waals surface area contributed by atoms with Crippen molar-refractivity contribution in [1.29, 1.82) is 0 Å². The van der Waals surface area contributed by atoms with Gasteiger partial charge in [0.15, 0.2) is 0 Å². The SMILES string of the molecule is Cc1ccc(S(=O)(=O)N=S(=O)(/C=C/C2CC=CCC2)c2ccccc2)cc1. The van der Waals surface area contributed by atoms with Crippen molar-refractivity contribution in [2.45, 2.75) is 36.0 Å². The highest BCUT2D eigenvalue weighted by Gasteiger charge is 2.19. The van der Waals surface area contributed by atoms with Gasteiger partial charge >= 0.3 is 0 Å². The Balaban J connectivity index is 2.07. The molecular formula is C21H23NO3S2. The first-order chi connectivity index (χ1) is 12.9. The molecule has 2 aromatic rings. The van der Waals surface area contributed by atoms with E-state index in [-0.39, 0.29) is 10.8 Å². The molecule has 2 atom stereocenters. The first-order valence-electron chi connectivity index (χ1n) is 8.87. The van der Waals surface area contributed by atoms with Crippen molar-refractivity contribution in [2.24, 2.45) is 9.69 Å². The zero-order valence-corrected chi connectivity index (χ0v) is 16.8. The zero-order chi connectivity index (χ0) is 19.3. The standard InChI is InChI=1S/C21H23NO3S2/c1-18-12-14-21(15-13-18)27(24,25)22-26(23,20-10-6-3-7-11-20)17-16-19-8-4-2-5-9-19/h2-4,6-7,10-17,19H,5,8-9H2,1H3/b17-16+. The number of nitrogens with zero attached hydrogens (tertiary/aromatic N) is 1. The summed E-state index contributed by atoms with van der Waals surface area (Å²) in [7, 11) is -7.30. The van der Waals surface area contributed by atoms with Gasteiger partial charge in [0, 0.05) is 5.41 Å². The minimum Gasteiger partial charge on any atom is -0.239 e. The van der Waals surface area contributed by atoms with E-state index in [0.717, 1.165) is 24.8 Å². The molecule has 1 aliphatic carbocycles. The van der Waals surface area contributed by atoms with Crippen LogP contribution in [-0.2, 0) is 19.8 Å². The average Bonchev–Trinajstić information content (AvgIpc) is 2.68. The van der Waals surface area contributed by atoms with Gasteiger partial charge in [0.05, 0.1) is 9.79 Å². The van der Waals surface area contributed by atoms with Crippen LogP contribution in [-0.4, -0.2) is 12.6 Å². The Morgan fingerprint density at radius 2 is 1.63 bits per heavy atom. The third-order valence-corrected chi connectivity index (χ3v) is 8.47. The van der Waals surface area contributed by atoms with Crippen molar-refractivity contribution < 1.29 is 12.6 Å². The van der Waals surface area contributed by atoms with Crippen molar-refractivity contribution in [3.8, 4) is 0 Å². The van der Waals surface area contributed by atoms with E-state index in [2.05, 4.69) is 15.9 Å². The number of hydrogen-bond donors (Lipinski definition) is 0. The van der Waals surface area contributed by atoms with E-state index in [1.165, 1.54) is 17.5 Å². The van der Waals surface area contributed by atoms with E-state index in [4.69, 9.17) is 0 Å². The monoisotopic (exact) mass is 401 g/mol. The number of sulfonamides is 1. The Bertz CT molecular complexity index is 1060. The molecule has 0 saturated carbocycles. The predicted octanol–water partition coefficient (Wildman–Crippen LogP) is 5.08. The van der Waals surface area contributed by atoms with Gasteiger partial charge in [-0.15, -0.1) is 0 Å². The third-order valence-electron chi connectivity index (χ3n) is 4.45. The molecule has 0 radical (unpaired) electrons. The lowest BCUT2D eigenvalue weighted by atomic mass is 9.95. The van der Waals surface area contributed by atoms with Gasteiger partial charge in [0.25, 0.3) is 10.0 Å². The van der Waals surface area contributed by atoms with Crippen LogP contribution in [0.4, 0.5) is 0 Å². The normalized spacial score (nSPS) is 19.7. The second-order valence-corrected chi connectivity index (χ2v) is 10.5. The van der Waals surface area contributed by atoms with Crippen molar-refractivity contribution in [1.82, 2.24) is 0 Å². The molecule has 4 nitrogen and oxygen atoms in total. The van der Waals surface area contributed by atoms with Gasteiger partial charge in [-0.3, -0.25) is 0 Å². The van der Waals surface area contributed by atoms with Crippen LogP contribution in [0.25, 0.3) is 0 Å². The van der Waals surface area contributed by atoms with Crippen LogP contribution in [0, 0.1) is 12.8 Å². The molecular weight excluding hydrogens is 378 g/mol. The summed E-state index contributed by atoms with van der Waals surface area (Å²) in [5, 5.41) is 1.48. The Morgan fingerprint density at radius 1 is 0.926 bits per heavy atom. The summed E-state index contributed by atoms with van der Waals surface area (Å²) < 4.78 is 43.1. The lowest BCUT2D eigenvalue weighted by molar-refractivity contribution is 0.584. The molecule has 1 aliphatic rings. The van der Waals surface area contributed by atoms with Gasteiger partial charge in [-0.1, -0.05) is 57.9 Å². The largest absolute Gasteiger partial charge is 0.290 e. The smallest absolute Gasteiger partial charge is 0.239 e. The third kappa shape index (κ3) is 4.96. The molecule has 3 rings (SSSR count). The van der Waals surface area contributed by atoms with Crippen LogP contribution in [0.1, 0.15) is 24.8 Å². The van der Waals surface area contributed by atoms with E-state index >= 15 is 0 Å². The van der Waals surface area contributed by atoms with Crippen molar-refractivity contribution >= 4 is 19.8 Å². The van der Waals surface area contributed by atoms with E-state index in [1.807, 2.05) is 13.0 Å². The second kappa shape index (κ2) is 8.23. The topological polar surface area (TPSA) is 63.6 Å². The molecule has 0 saturated heterocycles. The summed E-state index contributed by atoms with van der Waals surface area (Å²) in [5.41, 5.74) is 0.947. The highest BCUT2D eigenvalue weighted by atomic mass is 32.3. The summed E-state index contributed by atoms with van der Waals surface area (Å²) in [6, 6.07) is 15.0. The number of allylic oxidation sites excluding steroid dienone is 3. The molecule has 2 aromatic carbocycles. The van der Waals surface area contributed by atoms with E-state index in [9.17, 15) is 12.6 Å². The zero-order valence-electron chi connectivity index (χ0n) is 15.2. The first-order valence-corrected chi connectivity index (χ1v) is 11.9. The van der Waals surface area contributed by atoms with Gasteiger partial charge in [-0.05, 0) is 56.4 Å². The molecule has 6 heteroatoms. The Labute approximate surface area is 161 Å². The van der Waals surface area contributed by atoms with Gasteiger partial charge in [0.2, 0.25) is 0 Å². The van der Waals surface area contributed by atoms with Crippen LogP contribution in [0.15, 0.2) is 91.8 Å². The van der Waals surface area contributed by atoms with Gasteiger partial charge < -0.3 is 0 Å². The summed E-state index contributed by atoms with van der Waals surface area (Å²) in [4.78, 5) is 0.439. The van der Waals surface area contributed by atoms with Crippen molar-refractivity contribution in [3.63, 3.8) is 0 Å². The maximum absolute atomic E-state index is 13.6. The molecule has 2 unspecified atom stereocenters. The van der Waals surface area contributed by atoms with Crippen LogP contribution >= 0.6 is 0 Å². The van der Waals surface area contributed by atoms with Crippen molar-refractivity contribution in [3.05, 3.63) is 83.8 Å². The van der Waals surface area contributed by atoms with Gasteiger partial charge in [-0.2, -0.15) is 8.42 Å². The fourth-order valence-corrected chi connectivity index (χ4v) is 6.54. The van der Waals surface area contributed by atoms with Crippen LogP contribution in [0.2, 0.25) is 0 Å². The number of benzene rings is 2. The Kier molecular flexibility index (Phi) is 5.97. The number of hydrogen-bond acceptors (Lipinski definition) is 3. The molecule has 0 aliphatic heterocycles. The predicted molar refractivity (Wildman–Crippen MR) is 109 cm³/mol. The lowest BCUT2D eigenvalue weighted by Crippen LogP contribution is -2.06. The molecule has 0 aromatic heterocycles. The molecule has 27 heavy (non-hydrogen) atoms. The van der Waals surface area contributed by atoms with Crippen LogP contribution in [0.5, 0.6) is 0 Å². The molecule has 0 spiro atoms. The summed E-state index contributed by atoms with van der Waals surface area (Å²) in [6.07, 6.45) is 8.88. The van der Waals surface area contributed by atoms with E-state index < -0.39 is 19.8 Å². The summed E-state index contributed by atoms with van der Waals surface area (Å²) in [5.74, 6) is 0.247. The Hall–Kier alpha value is -2.18. The first kappa shape index (κ1) is 19.6. The van der Waals surface area contributed by atoms with Gasteiger partial charge in [-0.25, -0.2) is 4.21 Å². The quantitative estimate of drug-likeness (QED) is 0.656. The fraction of sp³-hybridized carbons (Fsp3) is 0.238. The molecule has 0 bridgehead atoms. The molecule has 0 N–H and O–H groups in total. The molecule has 0 fully saturated rings. The summed E-state index contributed by atoms with van der Waals surface area (Å²) >= 11 is 0. The van der Waals surface area contributed by atoms with Crippen LogP contribution in [0.3, 0.4) is 0 Å². The van der Waals surface area contributed by atoms with E-state index in [0.29, 0.717) is 4.90 Å². The minimum absolute atomic E-state index is 0.0470. The highest BCUT2D eigenvalue weighted by Crippen LogP contribution is 2.25. The Morgan fingerprint density at radius 3 is 2.26 bits per heavy atom. The minimum atomic E-state index is -4.05. The fourth-order valence-electron chi connectivity index (χ4n) is 2.87. The lowest BCUT2D eigenvalue weighted by Gasteiger charge is -2.13. The highest BCUT2D eigenvalue weighted by molar-refractivity contribution is 8.05. The van der Waals surface area contributed by atoms with Gasteiger partial charge in [0.1, 0.15) is 9.73 Å². The summed E-state index contributed by atoms with van der Waals surface area (Å²) in [6.45, 7) is 1.88. The maximum atomic E-state index is 13.6. The van der Waals surface area contributed by atoms with Crippen LogP contribution < -0.4 is 0 Å². The molecule has 0 heterocycles. The second-order valence-electron chi connectivity index (χ2n) is 6.62. The average molecular weight is 402 g/mol. The maximum Gasteiger partial charge on any atom is 0.290 e. The van der Waals surface area contributed by atoms with E-state index in [1.54, 1.807) is 42.5 Å². The van der Waals surface area contributed by atoms with Crippen molar-refractivity contribution in [2.75, 3.05) is 0 Å². The molecule has 0 amide bonds. The number of aryl methyl sites for hydroxylation is 1. The number of rotatable bonds is 5.